The molecule has 2 aromatic rings. The lowest BCUT2D eigenvalue weighted by Gasteiger charge is -2.62. The van der Waals surface area contributed by atoms with E-state index in [1.54, 1.807) is 20.0 Å². The number of halogens is 3. The number of benzene rings is 1. The van der Waals surface area contributed by atoms with Gasteiger partial charge in [0.2, 0.25) is 5.91 Å². The Labute approximate surface area is 267 Å². The molecule has 4 aliphatic rings. The van der Waals surface area contributed by atoms with Gasteiger partial charge in [0.05, 0.1) is 49.3 Å². The molecular formula is C34H45F3N4O5. The maximum Gasteiger partial charge on any atom is 0.416 e. The lowest BCUT2D eigenvalue weighted by molar-refractivity contribution is -0.173. The number of aliphatic hydroxyl groups excluding tert-OH is 2. The van der Waals surface area contributed by atoms with Crippen LogP contribution < -0.4 is 5.32 Å². The number of methoxy groups -OCH3 is 1. The van der Waals surface area contributed by atoms with E-state index in [9.17, 15) is 28.2 Å². The van der Waals surface area contributed by atoms with Gasteiger partial charge in [0.1, 0.15) is 17.9 Å². The number of nitrogens with one attached hydrogen (secondary N) is 1. The van der Waals surface area contributed by atoms with E-state index in [4.69, 9.17) is 9.57 Å². The lowest BCUT2D eigenvalue weighted by Crippen LogP contribution is -2.62. The van der Waals surface area contributed by atoms with Crippen molar-refractivity contribution < 1.29 is 37.8 Å². The Morgan fingerprint density at radius 3 is 2.61 bits per heavy atom. The van der Waals surface area contributed by atoms with Crippen molar-refractivity contribution >= 4 is 23.0 Å². The summed E-state index contributed by atoms with van der Waals surface area (Å²) in [6.07, 6.45) is 1.63. The molecule has 9 nitrogen and oxygen atoms in total. The van der Waals surface area contributed by atoms with Gasteiger partial charge >= 0.3 is 6.18 Å². The Hall–Kier alpha value is -3.19. The van der Waals surface area contributed by atoms with E-state index in [0.717, 1.165) is 25.0 Å². The van der Waals surface area contributed by atoms with Crippen molar-refractivity contribution in [1.82, 2.24) is 19.9 Å². The number of fused-ring (bicyclic) bond motifs is 3. The van der Waals surface area contributed by atoms with E-state index in [1.807, 2.05) is 0 Å². The predicted molar refractivity (Wildman–Crippen MR) is 168 cm³/mol. The standard InChI is InChI=1S/C34H45F3N4O5/c1-8-9-20(27(45-7)11-21-10-23(34(35,36)37)14-26-30(21)38-17-40(26)6)15-41-31(29(19(3)43)28(16-42)46-41)32(44)39-25-13-22-12-24(18(25)2)33(22,4)5/h8-11,14,17-19,22,24-25,28-29,31,42-43H,1,12-13,15-16H2,2-7H3,(H,39,44)/t18-,19-,22+,24-,25-,28-,29-,31-/m0/s1. The third kappa shape index (κ3) is 6.12. The highest BCUT2D eigenvalue weighted by Gasteiger charge is 2.57. The fourth-order valence-electron chi connectivity index (χ4n) is 7.96. The topological polar surface area (TPSA) is 109 Å². The van der Waals surface area contributed by atoms with Crippen molar-refractivity contribution in [3.05, 3.63) is 59.7 Å². The molecule has 0 spiro atoms. The van der Waals surface area contributed by atoms with E-state index in [-0.39, 0.29) is 41.1 Å². The lowest BCUT2D eigenvalue weighted by atomic mass is 9.45. The van der Waals surface area contributed by atoms with Crippen LogP contribution in [0.5, 0.6) is 0 Å². The van der Waals surface area contributed by atoms with Crippen LogP contribution in [0.1, 0.15) is 51.7 Å². The number of hydroxylamine groups is 2. The summed E-state index contributed by atoms with van der Waals surface area (Å²) < 4.78 is 48.7. The molecule has 4 fully saturated rings. The van der Waals surface area contributed by atoms with Crippen LogP contribution in [0.25, 0.3) is 17.1 Å². The van der Waals surface area contributed by atoms with E-state index >= 15 is 0 Å². The number of hydrogen-bond donors (Lipinski definition) is 3. The molecule has 1 aliphatic heterocycles. The molecule has 12 heteroatoms. The van der Waals surface area contributed by atoms with Crippen LogP contribution in [-0.4, -0.2) is 75.3 Å². The van der Waals surface area contributed by atoms with Gasteiger partial charge in [0.25, 0.3) is 0 Å². The van der Waals surface area contributed by atoms with Crippen LogP contribution in [0.2, 0.25) is 0 Å². The maximum absolute atomic E-state index is 14.1. The minimum atomic E-state index is -4.58. The van der Waals surface area contributed by atoms with Crippen LogP contribution in [-0.2, 0) is 27.6 Å². The zero-order valence-corrected chi connectivity index (χ0v) is 27.2. The number of nitrogens with zero attached hydrogens (tertiary/aromatic N) is 3. The predicted octanol–water partition coefficient (Wildman–Crippen LogP) is 4.85. The second-order valence-electron chi connectivity index (χ2n) is 13.7. The quantitative estimate of drug-likeness (QED) is 0.250. The third-order valence-corrected chi connectivity index (χ3v) is 10.7. The summed E-state index contributed by atoms with van der Waals surface area (Å²) in [6, 6.07) is 1.08. The summed E-state index contributed by atoms with van der Waals surface area (Å²) in [5.41, 5.74) is 0.707. The second-order valence-corrected chi connectivity index (χ2v) is 13.7. The van der Waals surface area contributed by atoms with Crippen molar-refractivity contribution in [1.29, 1.82) is 0 Å². The second kappa shape index (κ2) is 12.8. The minimum Gasteiger partial charge on any atom is -0.496 e. The molecule has 8 atom stereocenters. The molecule has 6 rings (SSSR count). The summed E-state index contributed by atoms with van der Waals surface area (Å²) in [4.78, 5) is 24.5. The highest BCUT2D eigenvalue weighted by atomic mass is 19.4. The molecule has 2 heterocycles. The van der Waals surface area contributed by atoms with E-state index < -0.39 is 42.5 Å². The Balaban J connectivity index is 1.47. The number of rotatable bonds is 10. The first-order chi connectivity index (χ1) is 21.6. The van der Waals surface area contributed by atoms with Gasteiger partial charge in [-0.25, -0.2) is 4.98 Å². The van der Waals surface area contributed by atoms with E-state index in [0.29, 0.717) is 28.4 Å². The molecular weight excluding hydrogens is 601 g/mol. The molecule has 3 saturated carbocycles. The number of carbonyl (C=O) groups is 1. The first-order valence-electron chi connectivity index (χ1n) is 15.7. The number of alkyl halides is 3. The van der Waals surface area contributed by atoms with Crippen molar-refractivity contribution in [3.8, 4) is 0 Å². The summed E-state index contributed by atoms with van der Waals surface area (Å²) in [5.74, 6) is 0.443. The van der Waals surface area contributed by atoms with Crippen molar-refractivity contribution in [2.75, 3.05) is 20.3 Å². The zero-order valence-electron chi connectivity index (χ0n) is 27.2. The van der Waals surface area contributed by atoms with Crippen LogP contribution in [0.4, 0.5) is 13.2 Å². The van der Waals surface area contributed by atoms with E-state index in [2.05, 4.69) is 37.7 Å². The molecule has 1 aromatic heterocycles. The molecule has 3 aliphatic carbocycles. The SMILES string of the molecule is C=CC=C(CN1O[C@@H](CO)[C@H]([C@H](C)O)[C@H]1C(=O)N[C@H]1C[C@H]2C[C@@H]([C@@H]1C)C2(C)C)C(=Cc1cc(C(F)(F)F)cc2c1ncn2C)OC. The van der Waals surface area contributed by atoms with Gasteiger partial charge in [-0.2, -0.15) is 18.2 Å². The Kier molecular flexibility index (Phi) is 9.49. The molecule has 252 valence electrons. The van der Waals surface area contributed by atoms with Crippen LogP contribution in [0.3, 0.4) is 0 Å². The Morgan fingerprint density at radius 1 is 1.33 bits per heavy atom. The Bertz CT molecular complexity index is 1530. The molecule has 0 radical (unpaired) electrons. The molecule has 1 saturated heterocycles. The fourth-order valence-corrected chi connectivity index (χ4v) is 7.96. The highest BCUT2D eigenvalue weighted by Crippen LogP contribution is 2.61. The van der Waals surface area contributed by atoms with Crippen LogP contribution in [0, 0.1) is 29.1 Å². The van der Waals surface area contributed by atoms with E-state index in [1.165, 1.54) is 35.2 Å². The summed E-state index contributed by atoms with van der Waals surface area (Å²) in [7, 11) is 3.01. The van der Waals surface area contributed by atoms with Gasteiger partial charge in [-0.3, -0.25) is 9.63 Å². The average Bonchev–Trinajstić information content (AvgIpc) is 3.56. The number of carbonyl (C=O) groups excluding carboxylic acids is 1. The molecule has 3 N–H and O–H groups in total. The summed E-state index contributed by atoms with van der Waals surface area (Å²) >= 11 is 0. The van der Waals surface area contributed by atoms with Crippen LogP contribution in [0.15, 0.2) is 48.5 Å². The van der Waals surface area contributed by atoms with Gasteiger partial charge in [0, 0.05) is 30.1 Å². The van der Waals surface area contributed by atoms with Gasteiger partial charge in [-0.1, -0.05) is 39.5 Å². The number of aromatic nitrogens is 2. The largest absolute Gasteiger partial charge is 0.496 e. The number of aryl methyl sites for hydroxylation is 1. The van der Waals surface area contributed by atoms with Crippen molar-refractivity contribution in [2.45, 2.75) is 71.0 Å². The summed E-state index contributed by atoms with van der Waals surface area (Å²) in [5, 5.41) is 25.6. The Morgan fingerprint density at radius 2 is 2.04 bits per heavy atom. The normalized spacial score (nSPS) is 30.6. The molecule has 1 amide bonds. The van der Waals surface area contributed by atoms with Crippen LogP contribution >= 0.6 is 0 Å². The maximum atomic E-state index is 14.1. The fraction of sp³-hybridized carbons (Fsp3) is 0.588. The monoisotopic (exact) mass is 646 g/mol. The van der Waals surface area contributed by atoms with Crippen molar-refractivity contribution in [3.63, 3.8) is 0 Å². The number of allylic oxidation sites excluding steroid dienone is 2. The molecule has 2 bridgehead atoms. The molecule has 1 aromatic carbocycles. The van der Waals surface area contributed by atoms with Gasteiger partial charge in [-0.05, 0) is 61.1 Å². The van der Waals surface area contributed by atoms with Gasteiger partial charge < -0.3 is 24.8 Å². The molecule has 46 heavy (non-hydrogen) atoms. The molecule has 0 unspecified atom stereocenters. The highest BCUT2D eigenvalue weighted by molar-refractivity contribution is 5.87. The smallest absolute Gasteiger partial charge is 0.416 e. The minimum absolute atomic E-state index is 0.0340. The van der Waals surface area contributed by atoms with Crippen molar-refractivity contribution in [2.24, 2.45) is 36.1 Å². The number of amides is 1. The van der Waals surface area contributed by atoms with Gasteiger partial charge in [-0.15, -0.1) is 0 Å². The first-order valence-corrected chi connectivity index (χ1v) is 15.7. The van der Waals surface area contributed by atoms with Gasteiger partial charge in [0.15, 0.2) is 0 Å². The zero-order chi connectivity index (χ0) is 33.7. The number of imidazole rings is 1. The third-order valence-electron chi connectivity index (χ3n) is 10.7. The number of hydrogen-bond acceptors (Lipinski definition) is 7. The average molecular weight is 647 g/mol. The first kappa shape index (κ1) is 34.2. The number of aliphatic hydroxyl groups is 2. The number of ether oxygens (including phenoxy) is 1. The summed E-state index contributed by atoms with van der Waals surface area (Å²) in [6.45, 7) is 11.6.